The van der Waals surface area contributed by atoms with E-state index in [0.29, 0.717) is 17.8 Å². The van der Waals surface area contributed by atoms with E-state index in [4.69, 9.17) is 11.5 Å². The number of benzene rings is 2. The number of aryl methyl sites for hydroxylation is 1. The Labute approximate surface area is 179 Å². The molecule has 4 rings (SSSR count). The number of pyridine rings is 1. The van der Waals surface area contributed by atoms with E-state index in [2.05, 4.69) is 39.7 Å². The number of carbonyl (C=O) groups excluding carboxylic acids is 1. The van der Waals surface area contributed by atoms with Gasteiger partial charge in [-0.2, -0.15) is 11.3 Å². The van der Waals surface area contributed by atoms with Crippen LogP contribution < -0.4 is 16.4 Å². The summed E-state index contributed by atoms with van der Waals surface area (Å²) in [7, 11) is 0. The van der Waals surface area contributed by atoms with Gasteiger partial charge in [0.1, 0.15) is 0 Å². The SMILES string of the molecule is Cc1cscc1-c1ccc(N)c(N(Cc2ccc(C(N)=O)cc2)c2ccncc2)c1. The highest BCUT2D eigenvalue weighted by Crippen LogP contribution is 2.37. The average molecular weight is 415 g/mol. The second-order valence-electron chi connectivity index (χ2n) is 7.09. The van der Waals surface area contributed by atoms with Crippen molar-refractivity contribution < 1.29 is 4.79 Å². The maximum atomic E-state index is 11.4. The van der Waals surface area contributed by atoms with E-state index in [1.807, 2.05) is 30.3 Å². The fourth-order valence-electron chi connectivity index (χ4n) is 3.40. The van der Waals surface area contributed by atoms with Gasteiger partial charge < -0.3 is 16.4 Å². The molecule has 5 nitrogen and oxygen atoms in total. The molecule has 2 aromatic carbocycles. The minimum Gasteiger partial charge on any atom is -0.397 e. The zero-order valence-corrected chi connectivity index (χ0v) is 17.4. The van der Waals surface area contributed by atoms with Crippen LogP contribution in [-0.4, -0.2) is 10.9 Å². The highest BCUT2D eigenvalue weighted by atomic mass is 32.1. The number of nitrogens with two attached hydrogens (primary N) is 2. The van der Waals surface area contributed by atoms with Crippen LogP contribution in [0.2, 0.25) is 0 Å². The molecule has 0 saturated heterocycles. The Morgan fingerprint density at radius 1 is 1.03 bits per heavy atom. The Bertz CT molecular complexity index is 1170. The zero-order valence-electron chi connectivity index (χ0n) is 16.6. The lowest BCUT2D eigenvalue weighted by Gasteiger charge is -2.27. The van der Waals surface area contributed by atoms with Crippen molar-refractivity contribution in [2.45, 2.75) is 13.5 Å². The van der Waals surface area contributed by atoms with Crippen LogP contribution in [0.1, 0.15) is 21.5 Å². The number of hydrogen-bond donors (Lipinski definition) is 2. The third-order valence-electron chi connectivity index (χ3n) is 5.04. The first kappa shape index (κ1) is 19.7. The number of hydrogen-bond acceptors (Lipinski definition) is 5. The molecule has 0 radical (unpaired) electrons. The van der Waals surface area contributed by atoms with E-state index in [-0.39, 0.29) is 0 Å². The molecule has 2 heterocycles. The van der Waals surface area contributed by atoms with Gasteiger partial charge in [0.2, 0.25) is 5.91 Å². The van der Waals surface area contributed by atoms with Gasteiger partial charge in [-0.3, -0.25) is 9.78 Å². The van der Waals surface area contributed by atoms with Crippen LogP contribution in [0.4, 0.5) is 17.1 Å². The van der Waals surface area contributed by atoms with Crippen molar-refractivity contribution in [3.8, 4) is 11.1 Å². The Balaban J connectivity index is 1.77. The smallest absolute Gasteiger partial charge is 0.248 e. The molecular weight excluding hydrogens is 392 g/mol. The number of primary amides is 1. The van der Waals surface area contributed by atoms with Crippen molar-refractivity contribution >= 4 is 34.3 Å². The fraction of sp³-hybridized carbons (Fsp3) is 0.0833. The Kier molecular flexibility index (Phi) is 5.50. The summed E-state index contributed by atoms with van der Waals surface area (Å²) in [4.78, 5) is 17.7. The first-order valence-corrected chi connectivity index (χ1v) is 10.5. The van der Waals surface area contributed by atoms with E-state index < -0.39 is 5.91 Å². The van der Waals surface area contributed by atoms with Gasteiger partial charge in [-0.05, 0) is 76.3 Å². The molecule has 150 valence electrons. The minimum absolute atomic E-state index is 0.435. The highest BCUT2D eigenvalue weighted by molar-refractivity contribution is 7.08. The third kappa shape index (κ3) is 4.04. The maximum Gasteiger partial charge on any atom is 0.248 e. The van der Waals surface area contributed by atoms with E-state index in [0.717, 1.165) is 22.5 Å². The van der Waals surface area contributed by atoms with Gasteiger partial charge in [0, 0.05) is 30.2 Å². The summed E-state index contributed by atoms with van der Waals surface area (Å²) in [6.45, 7) is 2.70. The standard InChI is InChI=1S/C24H22N4OS/c1-16-14-30-15-21(16)19-6-7-22(25)23(12-19)28(20-8-10-27-11-9-20)13-17-2-4-18(5-3-17)24(26)29/h2-12,14-15H,13,25H2,1H3,(H2,26,29). The summed E-state index contributed by atoms with van der Waals surface area (Å²) in [5.74, 6) is -0.435. The second kappa shape index (κ2) is 8.39. The fourth-order valence-corrected chi connectivity index (χ4v) is 4.25. The van der Waals surface area contributed by atoms with E-state index in [1.165, 1.54) is 11.1 Å². The van der Waals surface area contributed by atoms with Crippen molar-refractivity contribution in [3.63, 3.8) is 0 Å². The van der Waals surface area contributed by atoms with Crippen LogP contribution in [0.3, 0.4) is 0 Å². The summed E-state index contributed by atoms with van der Waals surface area (Å²) in [5.41, 5.74) is 19.5. The number of nitrogens with zero attached hydrogens (tertiary/aromatic N) is 2. The average Bonchev–Trinajstić information content (AvgIpc) is 3.19. The summed E-state index contributed by atoms with van der Waals surface area (Å²) in [6, 6.07) is 17.4. The van der Waals surface area contributed by atoms with Gasteiger partial charge in [0.15, 0.2) is 0 Å². The van der Waals surface area contributed by atoms with E-state index in [9.17, 15) is 4.79 Å². The molecule has 0 atom stereocenters. The van der Waals surface area contributed by atoms with Crippen LogP contribution in [0.25, 0.3) is 11.1 Å². The van der Waals surface area contributed by atoms with E-state index >= 15 is 0 Å². The lowest BCUT2D eigenvalue weighted by Crippen LogP contribution is -2.18. The Hall–Kier alpha value is -3.64. The van der Waals surface area contributed by atoms with E-state index in [1.54, 1.807) is 35.9 Å². The molecule has 30 heavy (non-hydrogen) atoms. The normalized spacial score (nSPS) is 10.7. The summed E-state index contributed by atoms with van der Waals surface area (Å²) in [6.07, 6.45) is 3.53. The molecular formula is C24H22N4OS. The number of thiophene rings is 1. The van der Waals surface area contributed by atoms with Crippen molar-refractivity contribution in [1.82, 2.24) is 4.98 Å². The van der Waals surface area contributed by atoms with Gasteiger partial charge in [0.25, 0.3) is 0 Å². The zero-order chi connectivity index (χ0) is 21.1. The molecule has 0 aliphatic rings. The number of aromatic nitrogens is 1. The Morgan fingerprint density at radius 2 is 1.77 bits per heavy atom. The summed E-state index contributed by atoms with van der Waals surface area (Å²) in [5, 5.41) is 4.30. The van der Waals surface area contributed by atoms with Gasteiger partial charge in [0.05, 0.1) is 11.4 Å². The van der Waals surface area contributed by atoms with Crippen LogP contribution in [0.15, 0.2) is 77.8 Å². The monoisotopic (exact) mass is 414 g/mol. The lowest BCUT2D eigenvalue weighted by atomic mass is 10.0. The summed E-state index contributed by atoms with van der Waals surface area (Å²) < 4.78 is 0. The number of carbonyl (C=O) groups is 1. The third-order valence-corrected chi connectivity index (χ3v) is 5.90. The first-order valence-electron chi connectivity index (χ1n) is 9.52. The predicted octanol–water partition coefficient (Wildman–Crippen LogP) is 5.14. The largest absolute Gasteiger partial charge is 0.397 e. The maximum absolute atomic E-state index is 11.4. The second-order valence-corrected chi connectivity index (χ2v) is 7.84. The van der Waals surface area contributed by atoms with Gasteiger partial charge in [-0.15, -0.1) is 0 Å². The highest BCUT2D eigenvalue weighted by Gasteiger charge is 2.15. The van der Waals surface area contributed by atoms with Crippen LogP contribution >= 0.6 is 11.3 Å². The van der Waals surface area contributed by atoms with Crippen LogP contribution in [-0.2, 0) is 6.54 Å². The van der Waals surface area contributed by atoms with Gasteiger partial charge >= 0.3 is 0 Å². The number of amides is 1. The minimum atomic E-state index is -0.435. The molecule has 2 aromatic heterocycles. The molecule has 0 bridgehead atoms. The Morgan fingerprint density at radius 3 is 2.40 bits per heavy atom. The topological polar surface area (TPSA) is 85.2 Å². The number of rotatable bonds is 6. The quantitative estimate of drug-likeness (QED) is 0.428. The first-order chi connectivity index (χ1) is 14.5. The van der Waals surface area contributed by atoms with Gasteiger partial charge in [-0.25, -0.2) is 0 Å². The van der Waals surface area contributed by atoms with Crippen molar-refractivity contribution in [3.05, 3.63) is 94.4 Å². The molecule has 0 spiro atoms. The molecule has 0 fully saturated rings. The van der Waals surface area contributed by atoms with Gasteiger partial charge in [-0.1, -0.05) is 18.2 Å². The molecule has 4 N–H and O–H groups in total. The molecule has 0 unspecified atom stereocenters. The predicted molar refractivity (Wildman–Crippen MR) is 124 cm³/mol. The molecule has 0 aliphatic carbocycles. The lowest BCUT2D eigenvalue weighted by molar-refractivity contribution is 0.100. The van der Waals surface area contributed by atoms with Crippen LogP contribution in [0, 0.1) is 6.92 Å². The van der Waals surface area contributed by atoms with Crippen LogP contribution in [0.5, 0.6) is 0 Å². The molecule has 0 saturated carbocycles. The van der Waals surface area contributed by atoms with Crippen molar-refractivity contribution in [2.75, 3.05) is 10.6 Å². The number of anilines is 3. The number of nitrogen functional groups attached to an aromatic ring is 1. The molecule has 4 aromatic rings. The van der Waals surface area contributed by atoms with Crippen molar-refractivity contribution in [1.29, 1.82) is 0 Å². The summed E-state index contributed by atoms with van der Waals surface area (Å²) >= 11 is 1.69. The molecule has 6 heteroatoms. The molecule has 0 aliphatic heterocycles. The molecule has 1 amide bonds. The van der Waals surface area contributed by atoms with Crippen molar-refractivity contribution in [2.24, 2.45) is 5.73 Å².